The third-order valence-corrected chi connectivity index (χ3v) is 1.19. The van der Waals surface area contributed by atoms with E-state index in [0.29, 0.717) is 6.54 Å². The van der Waals surface area contributed by atoms with Gasteiger partial charge >= 0.3 is 0 Å². The Morgan fingerprint density at radius 1 is 1.30 bits per heavy atom. The highest BCUT2D eigenvalue weighted by Gasteiger charge is 1.86. The number of rotatable bonds is 3. The molecule has 0 amide bonds. The maximum absolute atomic E-state index is 9.62. The maximum Gasteiger partial charge on any atom is 0.0612 e. The summed E-state index contributed by atoms with van der Waals surface area (Å²) < 4.78 is 0. The van der Waals surface area contributed by atoms with Crippen molar-refractivity contribution >= 4 is 0 Å². The minimum absolute atomic E-state index is 0.504. The van der Waals surface area contributed by atoms with Gasteiger partial charge < -0.3 is 0 Å². The fourth-order valence-corrected chi connectivity index (χ4v) is 0.719. The van der Waals surface area contributed by atoms with E-state index in [9.17, 15) is 4.91 Å². The Balaban J connectivity index is 2.50. The van der Waals surface area contributed by atoms with E-state index < -0.39 is 0 Å². The second kappa shape index (κ2) is 3.61. The molecule has 0 spiro atoms. The van der Waals surface area contributed by atoms with Crippen molar-refractivity contribution in [3.63, 3.8) is 0 Å². The average molecular weight is 136 g/mol. The molecule has 0 saturated heterocycles. The molecule has 10 heavy (non-hydrogen) atoms. The molecule has 0 aromatic heterocycles. The van der Waals surface area contributed by atoms with Crippen LogP contribution >= 0.6 is 0 Å². The Hall–Kier alpha value is -1.38. The van der Waals surface area contributed by atoms with Crippen LogP contribution in [0.1, 0.15) is 5.56 Å². The van der Waals surface area contributed by atoms with Crippen molar-refractivity contribution in [2.75, 3.05) is 0 Å². The average Bonchev–Trinajstić information content (AvgIpc) is 2.03. The van der Waals surface area contributed by atoms with Crippen LogP contribution in [0.2, 0.25) is 0 Å². The number of nitrogens with one attached hydrogen (secondary N) is 1. The molecule has 0 aliphatic rings. The first-order valence-electron chi connectivity index (χ1n) is 3.02. The molecule has 0 fully saturated rings. The summed E-state index contributed by atoms with van der Waals surface area (Å²) in [6, 6.07) is 9.62. The first-order chi connectivity index (χ1) is 4.93. The Kier molecular flexibility index (Phi) is 2.43. The van der Waals surface area contributed by atoms with E-state index >= 15 is 0 Å². The normalized spacial score (nSPS) is 8.80. The molecule has 0 aliphatic heterocycles. The topological polar surface area (TPSA) is 41.5 Å². The molecule has 52 valence electrons. The van der Waals surface area contributed by atoms with Gasteiger partial charge in [-0.05, 0) is 5.56 Å². The summed E-state index contributed by atoms with van der Waals surface area (Å²) in [6.45, 7) is 0.504. The second-order valence-corrected chi connectivity index (χ2v) is 1.91. The van der Waals surface area contributed by atoms with E-state index in [0.717, 1.165) is 5.56 Å². The van der Waals surface area contributed by atoms with Gasteiger partial charge in [0.25, 0.3) is 0 Å². The molecular weight excluding hydrogens is 128 g/mol. The Labute approximate surface area is 59.0 Å². The van der Waals surface area contributed by atoms with Crippen LogP contribution in [0.25, 0.3) is 0 Å². The minimum atomic E-state index is 0.504. The van der Waals surface area contributed by atoms with Gasteiger partial charge in [0.1, 0.15) is 0 Å². The highest BCUT2D eigenvalue weighted by atomic mass is 16.3. The van der Waals surface area contributed by atoms with Gasteiger partial charge in [-0.2, -0.15) is 0 Å². The van der Waals surface area contributed by atoms with E-state index in [4.69, 9.17) is 0 Å². The first kappa shape index (κ1) is 6.74. The van der Waals surface area contributed by atoms with Gasteiger partial charge in [-0.3, -0.25) is 5.43 Å². The van der Waals surface area contributed by atoms with Crippen molar-refractivity contribution < 1.29 is 0 Å². The van der Waals surface area contributed by atoms with Crippen molar-refractivity contribution in [3.8, 4) is 0 Å². The van der Waals surface area contributed by atoms with Crippen molar-refractivity contribution in [2.24, 2.45) is 5.29 Å². The van der Waals surface area contributed by atoms with Crippen LogP contribution in [0.4, 0.5) is 0 Å². The van der Waals surface area contributed by atoms with Crippen molar-refractivity contribution in [1.29, 1.82) is 0 Å². The van der Waals surface area contributed by atoms with Crippen molar-refractivity contribution in [3.05, 3.63) is 40.8 Å². The summed E-state index contributed by atoms with van der Waals surface area (Å²) in [5, 5.41) is 2.53. The summed E-state index contributed by atoms with van der Waals surface area (Å²) in [7, 11) is 0. The van der Waals surface area contributed by atoms with Gasteiger partial charge in [0.15, 0.2) is 0 Å². The highest BCUT2D eigenvalue weighted by molar-refractivity contribution is 5.13. The van der Waals surface area contributed by atoms with Crippen LogP contribution in [0.5, 0.6) is 0 Å². The lowest BCUT2D eigenvalue weighted by molar-refractivity contribution is 0.737. The van der Waals surface area contributed by atoms with Crippen molar-refractivity contribution in [2.45, 2.75) is 6.54 Å². The van der Waals surface area contributed by atoms with Gasteiger partial charge in [0.05, 0.1) is 6.54 Å². The van der Waals surface area contributed by atoms with Crippen LogP contribution < -0.4 is 5.43 Å². The predicted octanol–water partition coefficient (Wildman–Crippen LogP) is 1.46. The Morgan fingerprint density at radius 3 is 2.60 bits per heavy atom. The van der Waals surface area contributed by atoms with Crippen molar-refractivity contribution in [1.82, 2.24) is 5.43 Å². The largest absolute Gasteiger partial charge is 0.269 e. The molecule has 0 atom stereocenters. The first-order valence-corrected chi connectivity index (χ1v) is 3.02. The zero-order valence-corrected chi connectivity index (χ0v) is 5.45. The second-order valence-electron chi connectivity index (χ2n) is 1.91. The molecule has 1 aromatic rings. The summed E-state index contributed by atoms with van der Waals surface area (Å²) in [5.74, 6) is 0. The number of nitroso groups, excluding NO2 is 1. The highest BCUT2D eigenvalue weighted by Crippen LogP contribution is 1.96. The third kappa shape index (κ3) is 1.85. The summed E-state index contributed by atoms with van der Waals surface area (Å²) in [4.78, 5) is 9.62. The number of benzene rings is 1. The standard InChI is InChI=1S/C7H8N2O/c10-9-8-6-7-4-2-1-3-5-7/h1-5H,6H2,(H,8,10). The molecule has 0 saturated carbocycles. The van der Waals surface area contributed by atoms with E-state index in [1.165, 1.54) is 0 Å². The van der Waals surface area contributed by atoms with Gasteiger partial charge in [-0.1, -0.05) is 30.3 Å². The summed E-state index contributed by atoms with van der Waals surface area (Å²) >= 11 is 0. The smallest absolute Gasteiger partial charge is 0.0612 e. The maximum atomic E-state index is 9.62. The molecule has 0 unspecified atom stereocenters. The third-order valence-electron chi connectivity index (χ3n) is 1.19. The van der Waals surface area contributed by atoms with Crippen LogP contribution in [-0.2, 0) is 6.54 Å². The lowest BCUT2D eigenvalue weighted by Gasteiger charge is -1.95. The number of nitrogens with zero attached hydrogens (tertiary/aromatic N) is 1. The zero-order chi connectivity index (χ0) is 7.23. The van der Waals surface area contributed by atoms with Crippen LogP contribution in [0.3, 0.4) is 0 Å². The van der Waals surface area contributed by atoms with Crippen LogP contribution in [-0.4, -0.2) is 0 Å². The van der Waals surface area contributed by atoms with Gasteiger partial charge in [0, 0.05) is 5.29 Å². The zero-order valence-electron chi connectivity index (χ0n) is 5.45. The molecule has 0 aliphatic carbocycles. The number of hydrogen-bond acceptors (Lipinski definition) is 2. The summed E-state index contributed by atoms with van der Waals surface area (Å²) in [6.07, 6.45) is 0. The van der Waals surface area contributed by atoms with E-state index in [1.54, 1.807) is 0 Å². The number of hydrogen-bond donors (Lipinski definition) is 1. The molecule has 1 N–H and O–H groups in total. The molecular formula is C7H8N2O. The molecule has 3 nitrogen and oxygen atoms in total. The van der Waals surface area contributed by atoms with Gasteiger partial charge in [0.2, 0.25) is 0 Å². The van der Waals surface area contributed by atoms with Gasteiger partial charge in [-0.15, -0.1) is 4.91 Å². The predicted molar refractivity (Wildman–Crippen MR) is 39.1 cm³/mol. The molecule has 1 aromatic carbocycles. The quantitative estimate of drug-likeness (QED) is 0.504. The SMILES string of the molecule is O=NNCc1ccccc1. The lowest BCUT2D eigenvalue weighted by atomic mass is 10.2. The molecule has 3 heteroatoms. The van der Waals surface area contributed by atoms with E-state index in [1.807, 2.05) is 30.3 Å². The molecule has 0 heterocycles. The fraction of sp³-hybridized carbons (Fsp3) is 0.143. The minimum Gasteiger partial charge on any atom is -0.269 e. The fourth-order valence-electron chi connectivity index (χ4n) is 0.719. The monoisotopic (exact) mass is 136 g/mol. The molecule has 1 rings (SSSR count). The van der Waals surface area contributed by atoms with Crippen LogP contribution in [0.15, 0.2) is 35.6 Å². The molecule has 0 bridgehead atoms. The Morgan fingerprint density at radius 2 is 2.00 bits per heavy atom. The summed E-state index contributed by atoms with van der Waals surface area (Å²) in [5.41, 5.74) is 3.39. The molecule has 0 radical (unpaired) electrons. The van der Waals surface area contributed by atoms with E-state index in [2.05, 4.69) is 10.7 Å². The van der Waals surface area contributed by atoms with E-state index in [-0.39, 0.29) is 0 Å². The van der Waals surface area contributed by atoms with Crippen LogP contribution in [0, 0.1) is 4.91 Å². The Bertz CT molecular complexity index is 198. The lowest BCUT2D eigenvalue weighted by Crippen LogP contribution is -2.02. The van der Waals surface area contributed by atoms with Gasteiger partial charge in [-0.25, -0.2) is 0 Å².